The Morgan fingerprint density at radius 3 is 2.94 bits per heavy atom. The van der Waals surface area contributed by atoms with Crippen LogP contribution in [-0.4, -0.2) is 20.6 Å². The molecule has 1 N–H and O–H groups in total. The Labute approximate surface area is 109 Å². The van der Waals surface area contributed by atoms with Crippen LogP contribution in [0.1, 0.15) is 16.2 Å². The molecule has 0 spiro atoms. The predicted molar refractivity (Wildman–Crippen MR) is 66.0 cm³/mol. The number of aromatic carboxylic acids is 1. The number of rotatable bonds is 4. The molecule has 0 saturated carbocycles. The second kappa shape index (κ2) is 5.10. The molecule has 5 nitrogen and oxygen atoms in total. The number of para-hydroxylation sites is 1. The Bertz CT molecular complexity index is 580. The number of hydrogen-bond donors (Lipinski definition) is 1. The molecule has 0 bridgehead atoms. The number of carbonyl (C=O) groups is 1. The van der Waals surface area contributed by atoms with Gasteiger partial charge in [0.15, 0.2) is 5.75 Å². The Kier molecular flexibility index (Phi) is 3.53. The van der Waals surface area contributed by atoms with Gasteiger partial charge in [0.1, 0.15) is 18.0 Å². The first-order chi connectivity index (χ1) is 8.59. The minimum absolute atomic E-state index is 0.0386. The minimum Gasteiger partial charge on any atom is -0.483 e. The molecule has 94 valence electrons. The molecule has 1 aromatic heterocycles. The van der Waals surface area contributed by atoms with Crippen molar-refractivity contribution in [2.24, 2.45) is 7.05 Å². The van der Waals surface area contributed by atoms with Crippen LogP contribution in [0.2, 0.25) is 5.02 Å². The molecular formula is C12H11ClN2O3. The van der Waals surface area contributed by atoms with Crippen LogP contribution in [0.25, 0.3) is 0 Å². The van der Waals surface area contributed by atoms with E-state index in [-0.39, 0.29) is 22.9 Å². The zero-order chi connectivity index (χ0) is 13.1. The standard InChI is InChI=1S/C12H11ClN2O3/c1-15-6-5-14-10(15)7-18-11-8(12(16)17)3-2-4-9(11)13/h2-6H,7H2,1H3,(H,16,17). The van der Waals surface area contributed by atoms with Crippen LogP contribution >= 0.6 is 11.6 Å². The summed E-state index contributed by atoms with van der Waals surface area (Å²) in [5.74, 6) is -0.228. The monoisotopic (exact) mass is 266 g/mol. The van der Waals surface area contributed by atoms with Crippen molar-refractivity contribution < 1.29 is 14.6 Å². The van der Waals surface area contributed by atoms with E-state index < -0.39 is 5.97 Å². The SMILES string of the molecule is Cn1ccnc1COc1c(Cl)cccc1C(=O)O. The fourth-order valence-electron chi connectivity index (χ4n) is 1.50. The Morgan fingerprint density at radius 1 is 1.56 bits per heavy atom. The molecule has 1 aromatic carbocycles. The van der Waals surface area contributed by atoms with Gasteiger partial charge in [-0.25, -0.2) is 9.78 Å². The lowest BCUT2D eigenvalue weighted by molar-refractivity contribution is 0.0691. The summed E-state index contributed by atoms with van der Waals surface area (Å²) in [7, 11) is 1.83. The number of ether oxygens (including phenoxy) is 1. The van der Waals surface area contributed by atoms with E-state index in [4.69, 9.17) is 21.4 Å². The van der Waals surface area contributed by atoms with E-state index in [2.05, 4.69) is 4.98 Å². The summed E-state index contributed by atoms with van der Waals surface area (Å²) in [6.45, 7) is 0.160. The Balaban J connectivity index is 2.24. The van der Waals surface area contributed by atoms with E-state index in [9.17, 15) is 4.79 Å². The number of imidazole rings is 1. The van der Waals surface area contributed by atoms with Crippen LogP contribution in [0, 0.1) is 0 Å². The predicted octanol–water partition coefficient (Wildman–Crippen LogP) is 2.35. The largest absolute Gasteiger partial charge is 0.483 e. The first-order valence-corrected chi connectivity index (χ1v) is 5.58. The number of aryl methyl sites for hydroxylation is 1. The molecule has 0 saturated heterocycles. The van der Waals surface area contributed by atoms with Crippen LogP contribution in [0.15, 0.2) is 30.6 Å². The Hall–Kier alpha value is -2.01. The fourth-order valence-corrected chi connectivity index (χ4v) is 1.73. The topological polar surface area (TPSA) is 64.4 Å². The highest BCUT2D eigenvalue weighted by atomic mass is 35.5. The number of halogens is 1. The summed E-state index contributed by atoms with van der Waals surface area (Å²) in [6.07, 6.45) is 3.42. The van der Waals surface area contributed by atoms with Crippen molar-refractivity contribution in [2.45, 2.75) is 6.61 Å². The zero-order valence-corrected chi connectivity index (χ0v) is 10.4. The summed E-state index contributed by atoms with van der Waals surface area (Å²) < 4.78 is 7.25. The minimum atomic E-state index is -1.08. The van der Waals surface area contributed by atoms with Crippen molar-refractivity contribution >= 4 is 17.6 Å². The van der Waals surface area contributed by atoms with Crippen LogP contribution in [0.3, 0.4) is 0 Å². The van der Waals surface area contributed by atoms with Crippen LogP contribution < -0.4 is 4.74 Å². The molecule has 1 heterocycles. The third kappa shape index (κ3) is 2.46. The van der Waals surface area contributed by atoms with E-state index in [0.717, 1.165) is 0 Å². The van der Waals surface area contributed by atoms with Gasteiger partial charge in [-0.05, 0) is 12.1 Å². The van der Waals surface area contributed by atoms with Gasteiger partial charge in [0.2, 0.25) is 0 Å². The first-order valence-electron chi connectivity index (χ1n) is 5.20. The van der Waals surface area contributed by atoms with Gasteiger partial charge < -0.3 is 14.4 Å². The molecular weight excluding hydrogens is 256 g/mol. The summed E-state index contributed by atoms with van der Waals surface area (Å²) in [5, 5.41) is 9.31. The molecule has 18 heavy (non-hydrogen) atoms. The van der Waals surface area contributed by atoms with E-state index in [1.54, 1.807) is 29.1 Å². The van der Waals surface area contributed by atoms with Gasteiger partial charge in [-0.3, -0.25) is 0 Å². The molecule has 2 rings (SSSR count). The van der Waals surface area contributed by atoms with Crippen molar-refractivity contribution in [3.8, 4) is 5.75 Å². The second-order valence-electron chi connectivity index (χ2n) is 3.66. The average Bonchev–Trinajstić information content (AvgIpc) is 2.73. The quantitative estimate of drug-likeness (QED) is 0.923. The van der Waals surface area contributed by atoms with Gasteiger partial charge >= 0.3 is 5.97 Å². The molecule has 0 amide bonds. The number of aromatic nitrogens is 2. The van der Waals surface area contributed by atoms with Crippen LogP contribution in [0.4, 0.5) is 0 Å². The number of nitrogens with zero attached hydrogens (tertiary/aromatic N) is 2. The summed E-state index contributed by atoms with van der Waals surface area (Å²) in [5.41, 5.74) is 0.0386. The van der Waals surface area contributed by atoms with Gasteiger partial charge in [-0.1, -0.05) is 17.7 Å². The van der Waals surface area contributed by atoms with Crippen molar-refractivity contribution in [3.05, 3.63) is 47.0 Å². The normalized spacial score (nSPS) is 10.3. The molecule has 0 aliphatic carbocycles. The molecule has 0 aliphatic heterocycles. The third-order valence-electron chi connectivity index (χ3n) is 2.46. The highest BCUT2D eigenvalue weighted by Gasteiger charge is 2.15. The summed E-state index contributed by atoms with van der Waals surface area (Å²) in [6, 6.07) is 4.60. The summed E-state index contributed by atoms with van der Waals surface area (Å²) in [4.78, 5) is 15.1. The second-order valence-corrected chi connectivity index (χ2v) is 4.07. The van der Waals surface area contributed by atoms with Gasteiger partial charge in [-0.2, -0.15) is 0 Å². The van der Waals surface area contributed by atoms with Crippen molar-refractivity contribution in [1.82, 2.24) is 9.55 Å². The van der Waals surface area contributed by atoms with Gasteiger partial charge in [0, 0.05) is 19.4 Å². The molecule has 0 fully saturated rings. The Morgan fingerprint density at radius 2 is 2.33 bits per heavy atom. The van der Waals surface area contributed by atoms with E-state index in [1.165, 1.54) is 6.07 Å². The highest BCUT2D eigenvalue weighted by molar-refractivity contribution is 6.32. The van der Waals surface area contributed by atoms with Crippen LogP contribution in [-0.2, 0) is 13.7 Å². The number of carboxylic acid groups (broad SMARTS) is 1. The average molecular weight is 267 g/mol. The van der Waals surface area contributed by atoms with Crippen molar-refractivity contribution in [2.75, 3.05) is 0 Å². The van der Waals surface area contributed by atoms with Crippen molar-refractivity contribution in [3.63, 3.8) is 0 Å². The molecule has 0 radical (unpaired) electrons. The van der Waals surface area contributed by atoms with Crippen LogP contribution in [0.5, 0.6) is 5.75 Å². The molecule has 6 heteroatoms. The van der Waals surface area contributed by atoms with E-state index >= 15 is 0 Å². The van der Waals surface area contributed by atoms with Gasteiger partial charge in [-0.15, -0.1) is 0 Å². The fraction of sp³-hybridized carbons (Fsp3) is 0.167. The summed E-state index contributed by atoms with van der Waals surface area (Å²) >= 11 is 5.94. The van der Waals surface area contributed by atoms with Crippen molar-refractivity contribution in [1.29, 1.82) is 0 Å². The van der Waals surface area contributed by atoms with E-state index in [0.29, 0.717) is 5.82 Å². The zero-order valence-electron chi connectivity index (χ0n) is 9.63. The molecule has 0 atom stereocenters. The third-order valence-corrected chi connectivity index (χ3v) is 2.76. The molecule has 2 aromatic rings. The first kappa shape index (κ1) is 12.4. The maximum absolute atomic E-state index is 11.0. The van der Waals surface area contributed by atoms with Gasteiger partial charge in [0.05, 0.1) is 5.02 Å². The molecule has 0 unspecified atom stereocenters. The lowest BCUT2D eigenvalue weighted by atomic mass is 10.2. The van der Waals surface area contributed by atoms with Gasteiger partial charge in [0.25, 0.3) is 0 Å². The smallest absolute Gasteiger partial charge is 0.339 e. The van der Waals surface area contributed by atoms with E-state index in [1.807, 2.05) is 7.05 Å². The number of carboxylic acids is 1. The number of hydrogen-bond acceptors (Lipinski definition) is 3. The lowest BCUT2D eigenvalue weighted by Crippen LogP contribution is -2.07. The maximum atomic E-state index is 11.0. The molecule has 0 aliphatic rings. The lowest BCUT2D eigenvalue weighted by Gasteiger charge is -2.10. The maximum Gasteiger partial charge on any atom is 0.339 e. The highest BCUT2D eigenvalue weighted by Crippen LogP contribution is 2.29. The number of benzene rings is 1.